The van der Waals surface area contributed by atoms with Crippen LogP contribution in [0.3, 0.4) is 0 Å². The number of rotatable bonds is 3. The maximum absolute atomic E-state index is 5.19. The summed E-state index contributed by atoms with van der Waals surface area (Å²) in [5, 5.41) is 1.56. The van der Waals surface area contributed by atoms with E-state index in [1.165, 1.54) is 36.8 Å². The van der Waals surface area contributed by atoms with Crippen molar-refractivity contribution in [2.75, 3.05) is 7.11 Å². The molecular formula is C24H30Cl2OSiZr. The topological polar surface area (TPSA) is 9.23 Å². The number of benzene rings is 1. The first-order valence-electron chi connectivity index (χ1n) is 9.67. The Balaban J connectivity index is 0.000000569. The van der Waals surface area contributed by atoms with Gasteiger partial charge in [0.05, 0.1) is 7.11 Å². The standard InChI is InChI=1S/C16H17O.C8H13Si.2ClH.Zr/c1-17-16-8-6-12(7-9-16)15-10-13-4-2-3-5-14(13)11-15;1-9(2,3)8-6-4-5-7-8;;;/h6-11H,2-5H2,1H3;6-7H,4H2,1-3H3;2*1H;/q2*-1;;;+4/p-2. The molecular weight excluding hydrogens is 494 g/mol. The first-order valence-corrected chi connectivity index (χ1v) is 13.2. The molecule has 2 aliphatic rings. The van der Waals surface area contributed by atoms with Crippen LogP contribution in [0.15, 0.2) is 53.7 Å². The first kappa shape index (κ1) is 28.5. The predicted molar refractivity (Wildman–Crippen MR) is 115 cm³/mol. The second kappa shape index (κ2) is 13.1. The molecule has 0 amide bonds. The van der Waals surface area contributed by atoms with Crippen LogP contribution in [0.2, 0.25) is 19.6 Å². The zero-order valence-corrected chi connectivity index (χ0v) is 22.8. The largest absolute Gasteiger partial charge is 4.00 e. The van der Waals surface area contributed by atoms with E-state index in [0.717, 1.165) is 12.2 Å². The molecule has 0 heterocycles. The van der Waals surface area contributed by atoms with Gasteiger partial charge in [-0.1, -0.05) is 56.6 Å². The zero-order chi connectivity index (χ0) is 18.6. The normalized spacial score (nSPS) is 14.1. The van der Waals surface area contributed by atoms with Crippen molar-refractivity contribution in [3.63, 3.8) is 0 Å². The molecule has 0 radical (unpaired) electrons. The van der Waals surface area contributed by atoms with Crippen LogP contribution < -0.4 is 29.6 Å². The van der Waals surface area contributed by atoms with Gasteiger partial charge in [0.25, 0.3) is 0 Å². The van der Waals surface area contributed by atoms with Crippen LogP contribution >= 0.6 is 0 Å². The van der Waals surface area contributed by atoms with Crippen molar-refractivity contribution in [3.05, 3.63) is 70.9 Å². The molecule has 0 unspecified atom stereocenters. The van der Waals surface area contributed by atoms with Crippen LogP contribution in [0.4, 0.5) is 0 Å². The Bertz CT molecular complexity index is 778. The molecule has 0 saturated heterocycles. The summed E-state index contributed by atoms with van der Waals surface area (Å²) in [5.74, 6) is 0.921. The number of hydrogen-bond donors (Lipinski definition) is 0. The van der Waals surface area contributed by atoms with Gasteiger partial charge in [0.1, 0.15) is 5.75 Å². The van der Waals surface area contributed by atoms with Gasteiger partial charge in [-0.05, 0) is 26.6 Å². The van der Waals surface area contributed by atoms with Crippen molar-refractivity contribution >= 4 is 8.07 Å². The minimum absolute atomic E-state index is 0. The summed E-state index contributed by atoms with van der Waals surface area (Å²) in [6.07, 6.45) is 13.9. The van der Waals surface area contributed by atoms with E-state index in [0.29, 0.717) is 0 Å². The Hall–Kier alpha value is -0.470. The molecule has 0 saturated carbocycles. The molecule has 0 spiro atoms. The van der Waals surface area contributed by atoms with E-state index in [4.69, 9.17) is 4.74 Å². The van der Waals surface area contributed by atoms with Gasteiger partial charge >= 0.3 is 26.2 Å². The minimum Gasteiger partial charge on any atom is -1.00 e. The second-order valence-corrected chi connectivity index (χ2v) is 13.3. The fourth-order valence-corrected chi connectivity index (χ4v) is 4.82. The maximum atomic E-state index is 5.19. The summed E-state index contributed by atoms with van der Waals surface area (Å²) in [6.45, 7) is 7.09. The van der Waals surface area contributed by atoms with E-state index in [9.17, 15) is 0 Å². The van der Waals surface area contributed by atoms with Crippen LogP contribution in [-0.2, 0) is 39.0 Å². The van der Waals surface area contributed by atoms with E-state index < -0.39 is 8.07 Å². The van der Waals surface area contributed by atoms with Crippen molar-refractivity contribution in [1.82, 2.24) is 0 Å². The molecule has 29 heavy (non-hydrogen) atoms. The van der Waals surface area contributed by atoms with Crippen LogP contribution in [0, 0.1) is 6.08 Å². The molecule has 0 bridgehead atoms. The number of ether oxygens (including phenoxy) is 1. The van der Waals surface area contributed by atoms with Crippen LogP contribution in [0.25, 0.3) is 11.1 Å². The number of methoxy groups -OCH3 is 1. The molecule has 2 aromatic carbocycles. The molecule has 5 heteroatoms. The van der Waals surface area contributed by atoms with E-state index in [2.05, 4.69) is 62.1 Å². The molecule has 0 aliphatic heterocycles. The molecule has 2 aliphatic carbocycles. The average Bonchev–Trinajstić information content (AvgIpc) is 3.31. The second-order valence-electron chi connectivity index (χ2n) is 8.19. The number of fused-ring (bicyclic) bond motifs is 1. The maximum Gasteiger partial charge on any atom is 4.00 e. The molecule has 0 fully saturated rings. The van der Waals surface area contributed by atoms with Gasteiger partial charge in [-0.15, -0.1) is 23.6 Å². The Morgan fingerprint density at radius 2 is 1.66 bits per heavy atom. The van der Waals surface area contributed by atoms with Crippen molar-refractivity contribution in [2.24, 2.45) is 0 Å². The van der Waals surface area contributed by atoms with Crippen molar-refractivity contribution in [3.8, 4) is 16.9 Å². The van der Waals surface area contributed by atoms with Crippen LogP contribution in [0.5, 0.6) is 5.75 Å². The molecule has 0 aromatic heterocycles. The summed E-state index contributed by atoms with van der Waals surface area (Å²) < 4.78 is 5.19. The van der Waals surface area contributed by atoms with Gasteiger partial charge in [-0.25, -0.2) is 11.3 Å². The van der Waals surface area contributed by atoms with E-state index >= 15 is 0 Å². The quantitative estimate of drug-likeness (QED) is 0.420. The van der Waals surface area contributed by atoms with Crippen LogP contribution in [0.1, 0.15) is 30.4 Å². The predicted octanol–water partition coefficient (Wildman–Crippen LogP) is 0.519. The molecule has 154 valence electrons. The van der Waals surface area contributed by atoms with Crippen molar-refractivity contribution in [1.29, 1.82) is 0 Å². The Kier molecular flexibility index (Phi) is 12.8. The monoisotopic (exact) mass is 522 g/mol. The van der Waals surface area contributed by atoms with Gasteiger partial charge < -0.3 is 29.6 Å². The molecule has 4 rings (SSSR count). The van der Waals surface area contributed by atoms with Gasteiger partial charge in [0, 0.05) is 0 Å². The Morgan fingerprint density at radius 3 is 2.14 bits per heavy atom. The minimum atomic E-state index is -0.981. The zero-order valence-electron chi connectivity index (χ0n) is 17.8. The smallest absolute Gasteiger partial charge is 1.00 e. The van der Waals surface area contributed by atoms with Gasteiger partial charge in [0.2, 0.25) is 0 Å². The van der Waals surface area contributed by atoms with Gasteiger partial charge in [-0.2, -0.15) is 17.7 Å². The number of halogens is 2. The average molecular weight is 525 g/mol. The summed E-state index contributed by atoms with van der Waals surface area (Å²) in [5.41, 5.74) is 5.77. The summed E-state index contributed by atoms with van der Waals surface area (Å²) in [7, 11) is 0.723. The fraction of sp³-hybridized carbons (Fsp3) is 0.375. The van der Waals surface area contributed by atoms with Crippen molar-refractivity contribution < 1.29 is 55.8 Å². The molecule has 0 N–H and O–H groups in total. The summed E-state index contributed by atoms with van der Waals surface area (Å²) in [6, 6.07) is 13.1. The van der Waals surface area contributed by atoms with Crippen LogP contribution in [-0.4, -0.2) is 15.2 Å². The summed E-state index contributed by atoms with van der Waals surface area (Å²) in [4.78, 5) is 0. The number of allylic oxidation sites excluding steroid dienone is 4. The summed E-state index contributed by atoms with van der Waals surface area (Å²) >= 11 is 0. The van der Waals surface area contributed by atoms with E-state index in [-0.39, 0.29) is 51.0 Å². The fourth-order valence-electron chi connectivity index (χ4n) is 3.57. The third kappa shape index (κ3) is 7.94. The SMILES string of the molecule is COc1ccc(-c2cc3c([cH-]2)CCCC3)cc1.C[Si](C)(C)C1=CC[C-]=C1.[Cl-].[Cl-].[Zr+4]. The Labute approximate surface area is 209 Å². The molecule has 0 atom stereocenters. The molecule has 2 aromatic rings. The number of hydrogen-bond acceptors (Lipinski definition) is 1. The Morgan fingerprint density at radius 1 is 1.00 bits per heavy atom. The van der Waals surface area contributed by atoms with Gasteiger partial charge in [-0.3, -0.25) is 6.08 Å². The van der Waals surface area contributed by atoms with Gasteiger partial charge in [0.15, 0.2) is 0 Å². The van der Waals surface area contributed by atoms with E-state index in [1.54, 1.807) is 23.4 Å². The third-order valence-corrected chi connectivity index (χ3v) is 7.28. The third-order valence-electron chi connectivity index (χ3n) is 5.20. The number of aryl methyl sites for hydroxylation is 2. The first-order chi connectivity index (χ1) is 12.5. The molecule has 1 nitrogen and oxygen atoms in total. The van der Waals surface area contributed by atoms with E-state index in [1.807, 2.05) is 12.1 Å². The van der Waals surface area contributed by atoms with Crippen molar-refractivity contribution in [2.45, 2.75) is 51.7 Å².